The molecule has 0 aliphatic heterocycles. The molecule has 0 aromatic heterocycles. The first kappa shape index (κ1) is 17.7. The number of aliphatic hydroxyl groups excluding tert-OH is 1. The van der Waals surface area contributed by atoms with Crippen molar-refractivity contribution in [2.24, 2.45) is 0 Å². The van der Waals surface area contributed by atoms with Crippen LogP contribution in [0.2, 0.25) is 0 Å². The Morgan fingerprint density at radius 2 is 1.52 bits per heavy atom. The highest BCUT2D eigenvalue weighted by atomic mass is 16.6. The third-order valence-electron chi connectivity index (χ3n) is 4.48. The summed E-state index contributed by atoms with van der Waals surface area (Å²) in [5.41, 5.74) is 0.0630. The van der Waals surface area contributed by atoms with Gasteiger partial charge in [0.1, 0.15) is 0 Å². The number of benzene rings is 1. The summed E-state index contributed by atoms with van der Waals surface area (Å²) >= 11 is 0. The van der Waals surface area contributed by atoms with Gasteiger partial charge >= 0.3 is 5.69 Å². The van der Waals surface area contributed by atoms with Gasteiger partial charge in [0.25, 0.3) is 0 Å². The van der Waals surface area contributed by atoms with Gasteiger partial charge in [-0.2, -0.15) is 0 Å². The van der Waals surface area contributed by atoms with Crippen molar-refractivity contribution >= 4 is 5.69 Å². The van der Waals surface area contributed by atoms with E-state index in [1.54, 1.807) is 18.2 Å². The molecule has 0 bridgehead atoms. The molecule has 1 aromatic carbocycles. The van der Waals surface area contributed by atoms with Crippen LogP contribution in [0.3, 0.4) is 0 Å². The van der Waals surface area contributed by atoms with Crippen LogP contribution in [0.1, 0.15) is 64.2 Å². The van der Waals surface area contributed by atoms with Gasteiger partial charge < -0.3 is 9.84 Å². The van der Waals surface area contributed by atoms with Crippen molar-refractivity contribution < 1.29 is 14.8 Å². The monoisotopic (exact) mass is 321 g/mol. The Labute approximate surface area is 137 Å². The summed E-state index contributed by atoms with van der Waals surface area (Å²) in [6.07, 6.45) is 11.6. The van der Waals surface area contributed by atoms with Gasteiger partial charge in [-0.1, -0.05) is 37.8 Å². The molecule has 5 nitrogen and oxygen atoms in total. The molecular formula is C18H27NO4. The molecule has 2 aliphatic rings. The van der Waals surface area contributed by atoms with Crippen LogP contribution in [-0.4, -0.2) is 22.2 Å². The van der Waals surface area contributed by atoms with E-state index in [9.17, 15) is 10.1 Å². The Morgan fingerprint density at radius 3 is 2.04 bits per heavy atom. The van der Waals surface area contributed by atoms with E-state index in [1.807, 2.05) is 0 Å². The van der Waals surface area contributed by atoms with Crippen LogP contribution in [0.4, 0.5) is 5.69 Å². The number of para-hydroxylation sites is 2. The smallest absolute Gasteiger partial charge is 0.310 e. The van der Waals surface area contributed by atoms with Crippen LogP contribution >= 0.6 is 0 Å². The number of ether oxygens (including phenoxy) is 1. The summed E-state index contributed by atoms with van der Waals surface area (Å²) in [5, 5.41) is 19.7. The summed E-state index contributed by atoms with van der Waals surface area (Å²) in [6, 6.07) is 6.59. The van der Waals surface area contributed by atoms with Gasteiger partial charge in [0.05, 0.1) is 17.1 Å². The minimum absolute atomic E-state index is 0.0359. The van der Waals surface area contributed by atoms with Gasteiger partial charge in [-0.3, -0.25) is 10.1 Å². The van der Waals surface area contributed by atoms with Gasteiger partial charge in [0.15, 0.2) is 5.75 Å². The first-order valence-corrected chi connectivity index (χ1v) is 8.75. The average Bonchev–Trinajstić information content (AvgIpc) is 2.57. The number of nitrogens with zero attached hydrogens (tertiary/aromatic N) is 1. The van der Waals surface area contributed by atoms with E-state index in [0.717, 1.165) is 38.5 Å². The normalized spacial score (nSPS) is 19.5. The van der Waals surface area contributed by atoms with Crippen LogP contribution in [0, 0.1) is 10.1 Å². The third kappa shape index (κ3) is 6.18. The molecule has 2 saturated carbocycles. The topological polar surface area (TPSA) is 72.6 Å². The molecule has 0 saturated heterocycles. The predicted octanol–water partition coefficient (Wildman–Crippen LogP) is 4.62. The average molecular weight is 321 g/mol. The highest BCUT2D eigenvalue weighted by molar-refractivity contribution is 5.45. The molecule has 128 valence electrons. The van der Waals surface area contributed by atoms with Crippen molar-refractivity contribution in [3.05, 3.63) is 34.4 Å². The molecule has 0 amide bonds. The quantitative estimate of drug-likeness (QED) is 0.651. The maximum Gasteiger partial charge on any atom is 0.310 e. The van der Waals surface area contributed by atoms with Gasteiger partial charge in [0, 0.05) is 6.07 Å². The second kappa shape index (κ2) is 9.50. The van der Waals surface area contributed by atoms with E-state index in [1.165, 1.54) is 31.7 Å². The van der Waals surface area contributed by atoms with Crippen LogP contribution in [0.15, 0.2) is 24.3 Å². The zero-order chi connectivity index (χ0) is 16.5. The van der Waals surface area contributed by atoms with Gasteiger partial charge in [0.2, 0.25) is 0 Å². The molecule has 0 radical (unpaired) electrons. The van der Waals surface area contributed by atoms with Crippen molar-refractivity contribution in [3.8, 4) is 5.75 Å². The third-order valence-corrected chi connectivity index (χ3v) is 4.48. The van der Waals surface area contributed by atoms with Gasteiger partial charge in [-0.05, 0) is 44.6 Å². The second-order valence-corrected chi connectivity index (χ2v) is 6.39. The molecule has 2 aliphatic carbocycles. The van der Waals surface area contributed by atoms with E-state index < -0.39 is 4.92 Å². The van der Waals surface area contributed by atoms with Gasteiger partial charge in [-0.15, -0.1) is 0 Å². The van der Waals surface area contributed by atoms with Crippen molar-refractivity contribution in [1.82, 2.24) is 0 Å². The predicted molar refractivity (Wildman–Crippen MR) is 89.7 cm³/mol. The SMILES string of the molecule is O=[N+]([O-])c1ccccc1OC1CCCCC1.OC1CCCCC1. The number of nitro groups is 1. The molecule has 0 heterocycles. The van der Waals surface area contributed by atoms with Gasteiger partial charge in [-0.25, -0.2) is 0 Å². The summed E-state index contributed by atoms with van der Waals surface area (Å²) in [7, 11) is 0. The summed E-state index contributed by atoms with van der Waals surface area (Å²) < 4.78 is 5.71. The minimum atomic E-state index is -0.391. The lowest BCUT2D eigenvalue weighted by Crippen LogP contribution is -2.20. The zero-order valence-electron chi connectivity index (χ0n) is 13.7. The largest absolute Gasteiger partial charge is 0.484 e. The molecule has 0 spiro atoms. The summed E-state index contributed by atoms with van der Waals surface area (Å²) in [4.78, 5) is 10.4. The first-order valence-electron chi connectivity index (χ1n) is 8.75. The van der Waals surface area contributed by atoms with Crippen LogP contribution in [0.25, 0.3) is 0 Å². The van der Waals surface area contributed by atoms with E-state index in [4.69, 9.17) is 9.84 Å². The Balaban J connectivity index is 0.000000229. The lowest BCUT2D eigenvalue weighted by molar-refractivity contribution is -0.386. The highest BCUT2D eigenvalue weighted by Gasteiger charge is 2.20. The molecule has 1 aromatic rings. The number of aliphatic hydroxyl groups is 1. The Morgan fingerprint density at radius 1 is 0.957 bits per heavy atom. The fraction of sp³-hybridized carbons (Fsp3) is 0.667. The fourth-order valence-electron chi connectivity index (χ4n) is 3.15. The minimum Gasteiger partial charge on any atom is -0.484 e. The maximum atomic E-state index is 10.8. The molecule has 2 fully saturated rings. The van der Waals surface area contributed by atoms with Crippen molar-refractivity contribution in [2.45, 2.75) is 76.4 Å². The lowest BCUT2D eigenvalue weighted by atomic mass is 9.98. The molecule has 5 heteroatoms. The molecule has 0 unspecified atom stereocenters. The van der Waals surface area contributed by atoms with E-state index in [2.05, 4.69) is 0 Å². The lowest BCUT2D eigenvalue weighted by Gasteiger charge is -2.22. The Hall–Kier alpha value is -1.62. The Kier molecular flexibility index (Phi) is 7.33. The number of nitro benzene ring substituents is 1. The number of hydrogen-bond acceptors (Lipinski definition) is 4. The fourth-order valence-corrected chi connectivity index (χ4v) is 3.15. The standard InChI is InChI=1S/C12H15NO3.C6H12O/c14-13(15)11-8-4-5-9-12(11)16-10-6-2-1-3-7-10;7-6-4-2-1-3-5-6/h4-5,8-10H,1-3,6-7H2;6-7H,1-5H2. The Bertz CT molecular complexity index is 480. The summed E-state index contributed by atoms with van der Waals surface area (Å²) in [5.74, 6) is 0.402. The van der Waals surface area contributed by atoms with Crippen LogP contribution in [-0.2, 0) is 0 Å². The molecule has 23 heavy (non-hydrogen) atoms. The first-order chi connectivity index (χ1) is 11.2. The number of rotatable bonds is 3. The molecule has 0 atom stereocenters. The van der Waals surface area contributed by atoms with Crippen molar-refractivity contribution in [1.29, 1.82) is 0 Å². The second-order valence-electron chi connectivity index (χ2n) is 6.39. The summed E-state index contributed by atoms with van der Waals surface area (Å²) in [6.45, 7) is 0. The van der Waals surface area contributed by atoms with Crippen molar-refractivity contribution in [2.75, 3.05) is 0 Å². The zero-order valence-corrected chi connectivity index (χ0v) is 13.7. The van der Waals surface area contributed by atoms with E-state index in [0.29, 0.717) is 5.75 Å². The van der Waals surface area contributed by atoms with E-state index in [-0.39, 0.29) is 17.9 Å². The van der Waals surface area contributed by atoms with Crippen LogP contribution in [0.5, 0.6) is 5.75 Å². The number of hydrogen-bond donors (Lipinski definition) is 1. The molecule has 3 rings (SSSR count). The van der Waals surface area contributed by atoms with Crippen LogP contribution < -0.4 is 4.74 Å². The maximum absolute atomic E-state index is 10.8. The van der Waals surface area contributed by atoms with Crippen molar-refractivity contribution in [3.63, 3.8) is 0 Å². The molecule has 1 N–H and O–H groups in total. The highest BCUT2D eigenvalue weighted by Crippen LogP contribution is 2.30. The molecular weight excluding hydrogens is 294 g/mol. The van der Waals surface area contributed by atoms with E-state index >= 15 is 0 Å².